The molecule has 1 amide bonds. The van der Waals surface area contributed by atoms with E-state index in [-0.39, 0.29) is 23.3 Å². The number of rotatable bonds is 4. The highest BCUT2D eigenvalue weighted by atomic mass is 19.1. The minimum atomic E-state index is -0.417. The van der Waals surface area contributed by atoms with Gasteiger partial charge in [0.1, 0.15) is 11.6 Å². The van der Waals surface area contributed by atoms with E-state index in [0.717, 1.165) is 43.9 Å². The Hall–Kier alpha value is -2.67. The van der Waals surface area contributed by atoms with Gasteiger partial charge in [0.25, 0.3) is 5.91 Å². The first kappa shape index (κ1) is 20.6. The normalized spacial score (nSPS) is 18.3. The molecule has 0 radical (unpaired) electrons. The number of nitrogens with zero attached hydrogens (tertiary/aromatic N) is 2. The molecule has 1 N–H and O–H groups in total. The van der Waals surface area contributed by atoms with Crippen molar-refractivity contribution >= 4 is 17.4 Å². The number of aryl methyl sites for hydroxylation is 1. The van der Waals surface area contributed by atoms with Gasteiger partial charge in [-0.3, -0.25) is 9.59 Å². The molecule has 0 bridgehead atoms. The van der Waals surface area contributed by atoms with E-state index in [9.17, 15) is 14.0 Å². The topological polar surface area (TPSA) is 65.8 Å². The molecule has 1 unspecified atom stereocenters. The van der Waals surface area contributed by atoms with Crippen molar-refractivity contribution in [2.45, 2.75) is 39.2 Å². The van der Waals surface area contributed by atoms with E-state index in [1.54, 1.807) is 13.0 Å². The summed E-state index contributed by atoms with van der Waals surface area (Å²) in [4.78, 5) is 29.7. The quantitative estimate of drug-likeness (QED) is 0.831. The lowest BCUT2D eigenvalue weighted by atomic mass is 9.94. The first-order valence-corrected chi connectivity index (χ1v) is 10.5. The van der Waals surface area contributed by atoms with Gasteiger partial charge in [0.2, 0.25) is 0 Å². The van der Waals surface area contributed by atoms with Gasteiger partial charge >= 0.3 is 0 Å². The number of hydrogen-bond donors (Lipinski definition) is 1. The van der Waals surface area contributed by atoms with Gasteiger partial charge in [-0.25, -0.2) is 4.39 Å². The maximum Gasteiger partial charge on any atom is 0.287 e. The Morgan fingerprint density at radius 3 is 2.63 bits per heavy atom. The van der Waals surface area contributed by atoms with E-state index in [2.05, 4.69) is 22.2 Å². The van der Waals surface area contributed by atoms with Crippen molar-refractivity contribution in [3.8, 4) is 0 Å². The zero-order chi connectivity index (χ0) is 21.4. The number of ketones is 1. The SMILES string of the molecule is Cc1c(C(=O)NC(C)c2cc(F)ccc2N2CCN(C)CC2)oc2c1C(=O)CCC2. The van der Waals surface area contributed by atoms with E-state index in [0.29, 0.717) is 29.7 Å². The number of carbonyl (C=O) groups is 2. The summed E-state index contributed by atoms with van der Waals surface area (Å²) in [6.45, 7) is 7.16. The van der Waals surface area contributed by atoms with E-state index >= 15 is 0 Å². The Labute approximate surface area is 176 Å². The monoisotopic (exact) mass is 413 g/mol. The van der Waals surface area contributed by atoms with Crippen LogP contribution in [-0.2, 0) is 6.42 Å². The number of piperazine rings is 1. The molecule has 2 aliphatic rings. The number of anilines is 1. The summed E-state index contributed by atoms with van der Waals surface area (Å²) < 4.78 is 19.8. The van der Waals surface area contributed by atoms with Crippen LogP contribution < -0.4 is 10.2 Å². The lowest BCUT2D eigenvalue weighted by Crippen LogP contribution is -2.45. The molecule has 2 aromatic rings. The van der Waals surface area contributed by atoms with Crippen LogP contribution in [-0.4, -0.2) is 49.8 Å². The van der Waals surface area contributed by atoms with Crippen LogP contribution in [0.15, 0.2) is 22.6 Å². The van der Waals surface area contributed by atoms with E-state index in [4.69, 9.17) is 4.42 Å². The van der Waals surface area contributed by atoms with Crippen LogP contribution in [0.3, 0.4) is 0 Å². The molecule has 30 heavy (non-hydrogen) atoms. The number of carbonyl (C=O) groups excluding carboxylic acids is 2. The van der Waals surface area contributed by atoms with Gasteiger partial charge in [-0.15, -0.1) is 0 Å². The summed E-state index contributed by atoms with van der Waals surface area (Å²) in [5, 5.41) is 2.95. The van der Waals surface area contributed by atoms with Crippen LogP contribution >= 0.6 is 0 Å². The lowest BCUT2D eigenvalue weighted by Gasteiger charge is -2.36. The second kappa shape index (κ2) is 8.22. The number of amides is 1. The largest absolute Gasteiger partial charge is 0.455 e. The van der Waals surface area contributed by atoms with Crippen molar-refractivity contribution in [2.75, 3.05) is 38.1 Å². The molecule has 1 aromatic heterocycles. The number of nitrogens with one attached hydrogen (secondary N) is 1. The summed E-state index contributed by atoms with van der Waals surface area (Å²) >= 11 is 0. The lowest BCUT2D eigenvalue weighted by molar-refractivity contribution is 0.0906. The van der Waals surface area contributed by atoms with Crippen molar-refractivity contribution in [3.05, 3.63) is 52.2 Å². The van der Waals surface area contributed by atoms with Crippen molar-refractivity contribution in [2.24, 2.45) is 0 Å². The summed E-state index contributed by atoms with van der Waals surface area (Å²) in [5.41, 5.74) is 2.82. The van der Waals surface area contributed by atoms with Crippen LogP contribution in [0.25, 0.3) is 0 Å². The number of benzene rings is 1. The fourth-order valence-electron chi connectivity index (χ4n) is 4.41. The van der Waals surface area contributed by atoms with Crippen LogP contribution in [0.2, 0.25) is 0 Å². The number of likely N-dealkylation sites (N-methyl/N-ethyl adjacent to an activating group) is 1. The molecule has 1 fully saturated rings. The van der Waals surface area contributed by atoms with E-state index < -0.39 is 6.04 Å². The van der Waals surface area contributed by atoms with Gasteiger partial charge in [-0.05, 0) is 45.5 Å². The molecule has 1 atom stereocenters. The molecule has 160 valence electrons. The van der Waals surface area contributed by atoms with Gasteiger partial charge in [0.15, 0.2) is 11.5 Å². The number of furan rings is 1. The third kappa shape index (κ3) is 3.86. The number of hydrogen-bond acceptors (Lipinski definition) is 5. The number of Topliss-reactive ketones (excluding diaryl/α,β-unsaturated/α-hetero) is 1. The molecule has 2 heterocycles. The highest BCUT2D eigenvalue weighted by Gasteiger charge is 2.30. The Kier molecular flexibility index (Phi) is 5.64. The standard InChI is InChI=1S/C23H28FN3O3/c1-14-21-19(28)5-4-6-20(21)30-22(14)23(29)25-15(2)17-13-16(24)7-8-18(17)27-11-9-26(3)10-12-27/h7-8,13,15H,4-6,9-12H2,1-3H3,(H,25,29). The first-order valence-electron chi connectivity index (χ1n) is 10.5. The molecule has 0 saturated carbocycles. The smallest absolute Gasteiger partial charge is 0.287 e. The van der Waals surface area contributed by atoms with Crippen LogP contribution in [0.4, 0.5) is 10.1 Å². The van der Waals surface area contributed by atoms with Crippen molar-refractivity contribution in [3.63, 3.8) is 0 Å². The number of halogens is 1. The third-order valence-corrected chi connectivity index (χ3v) is 6.16. The second-order valence-corrected chi connectivity index (χ2v) is 8.32. The number of fused-ring (bicyclic) bond motifs is 1. The molecule has 0 spiro atoms. The summed E-state index contributed by atoms with van der Waals surface area (Å²) in [6.07, 6.45) is 1.90. The van der Waals surface area contributed by atoms with Crippen molar-refractivity contribution in [1.82, 2.24) is 10.2 Å². The predicted molar refractivity (Wildman–Crippen MR) is 113 cm³/mol. The van der Waals surface area contributed by atoms with Gasteiger partial charge in [-0.2, -0.15) is 0 Å². The Morgan fingerprint density at radius 2 is 1.93 bits per heavy atom. The first-order chi connectivity index (χ1) is 14.3. The molecular weight excluding hydrogens is 385 g/mol. The molecule has 1 aromatic carbocycles. The van der Waals surface area contributed by atoms with Crippen molar-refractivity contribution < 1.29 is 18.4 Å². The summed E-state index contributed by atoms with van der Waals surface area (Å²) in [5.74, 6) is 0.104. The molecule has 1 saturated heterocycles. The average molecular weight is 413 g/mol. The maximum atomic E-state index is 14.1. The highest BCUT2D eigenvalue weighted by molar-refractivity contribution is 6.03. The minimum Gasteiger partial charge on any atom is -0.455 e. The minimum absolute atomic E-state index is 0.0343. The zero-order valence-corrected chi connectivity index (χ0v) is 17.8. The van der Waals surface area contributed by atoms with Crippen LogP contribution in [0.5, 0.6) is 0 Å². The van der Waals surface area contributed by atoms with Gasteiger partial charge in [0.05, 0.1) is 11.6 Å². The molecule has 1 aliphatic carbocycles. The molecule has 6 nitrogen and oxygen atoms in total. The molecule has 7 heteroatoms. The van der Waals surface area contributed by atoms with E-state index in [1.165, 1.54) is 12.1 Å². The summed E-state index contributed by atoms with van der Waals surface area (Å²) in [6, 6.07) is 4.32. The Bertz CT molecular complexity index is 976. The van der Waals surface area contributed by atoms with E-state index in [1.807, 2.05) is 6.92 Å². The van der Waals surface area contributed by atoms with Gasteiger partial charge in [-0.1, -0.05) is 0 Å². The molecule has 4 rings (SSSR count). The van der Waals surface area contributed by atoms with Crippen LogP contribution in [0.1, 0.15) is 63.6 Å². The highest BCUT2D eigenvalue weighted by Crippen LogP contribution is 2.31. The van der Waals surface area contributed by atoms with Crippen molar-refractivity contribution in [1.29, 1.82) is 0 Å². The Balaban J connectivity index is 1.57. The third-order valence-electron chi connectivity index (χ3n) is 6.16. The zero-order valence-electron chi connectivity index (χ0n) is 17.8. The summed E-state index contributed by atoms with van der Waals surface area (Å²) in [7, 11) is 2.09. The van der Waals surface area contributed by atoms with Gasteiger partial charge < -0.3 is 19.5 Å². The fourth-order valence-corrected chi connectivity index (χ4v) is 4.41. The maximum absolute atomic E-state index is 14.1. The average Bonchev–Trinajstić information content (AvgIpc) is 3.06. The van der Waals surface area contributed by atoms with Crippen LogP contribution in [0, 0.1) is 12.7 Å². The predicted octanol–water partition coefficient (Wildman–Crippen LogP) is 3.49. The molecule has 1 aliphatic heterocycles. The fraction of sp³-hybridized carbons (Fsp3) is 0.478. The van der Waals surface area contributed by atoms with Gasteiger partial charge in [0, 0.05) is 55.8 Å². The Morgan fingerprint density at radius 1 is 1.20 bits per heavy atom. The second-order valence-electron chi connectivity index (χ2n) is 8.32. The molecular formula is C23H28FN3O3.